The van der Waals surface area contributed by atoms with E-state index >= 15 is 0 Å². The predicted octanol–water partition coefficient (Wildman–Crippen LogP) is 3.96. The number of fused-ring (bicyclic) bond motifs is 2. The molecule has 3 atom stereocenters. The van der Waals surface area contributed by atoms with Crippen molar-refractivity contribution < 1.29 is 9.90 Å². The molecule has 0 spiro atoms. The molecule has 2 heterocycles. The van der Waals surface area contributed by atoms with Crippen molar-refractivity contribution in [3.8, 4) is 0 Å². The fourth-order valence-electron chi connectivity index (χ4n) is 5.03. The number of piperidine rings is 1. The largest absolute Gasteiger partial charge is 0.478 e. The first-order chi connectivity index (χ1) is 15.4. The van der Waals surface area contributed by atoms with Gasteiger partial charge in [0.25, 0.3) is 5.56 Å². The second-order valence-corrected chi connectivity index (χ2v) is 9.14. The quantitative estimate of drug-likeness (QED) is 0.613. The number of aryl methyl sites for hydroxylation is 1. The van der Waals surface area contributed by atoms with E-state index < -0.39 is 5.97 Å². The van der Waals surface area contributed by atoms with Crippen LogP contribution in [0.3, 0.4) is 0 Å². The highest BCUT2D eigenvalue weighted by Gasteiger charge is 2.46. The molecule has 1 aliphatic heterocycles. The molecule has 2 fully saturated rings. The smallest absolute Gasteiger partial charge is 0.337 e. The number of anilines is 2. The average molecular weight is 433 g/mol. The van der Waals surface area contributed by atoms with Crippen LogP contribution < -0.4 is 15.8 Å². The van der Waals surface area contributed by atoms with Crippen LogP contribution in [0.1, 0.15) is 47.3 Å². The number of hydrogen-bond donors (Lipinski definition) is 2. The van der Waals surface area contributed by atoms with Crippen LogP contribution in [-0.2, 0) is 7.05 Å². The van der Waals surface area contributed by atoms with Gasteiger partial charge in [0.1, 0.15) is 0 Å². The molecule has 0 bridgehead atoms. The van der Waals surface area contributed by atoms with Gasteiger partial charge in [0.05, 0.1) is 22.5 Å². The lowest BCUT2D eigenvalue weighted by atomic mass is 9.98. The monoisotopic (exact) mass is 432 g/mol. The number of aromatic carboxylic acids is 1. The molecule has 0 radical (unpaired) electrons. The normalized spacial score (nSPS) is 20.3. The summed E-state index contributed by atoms with van der Waals surface area (Å²) in [6, 6.07) is 10.7. The van der Waals surface area contributed by atoms with Crippen LogP contribution in [0, 0.1) is 18.8 Å². The molecule has 3 aromatic rings. The lowest BCUT2D eigenvalue weighted by Crippen LogP contribution is -2.31. The Hall–Kier alpha value is -3.35. The third kappa shape index (κ3) is 3.42. The number of carboxylic acid groups (broad SMARTS) is 1. The highest BCUT2D eigenvalue weighted by Crippen LogP contribution is 2.46. The lowest BCUT2D eigenvalue weighted by molar-refractivity contribution is 0.0698. The highest BCUT2D eigenvalue weighted by molar-refractivity contribution is 5.94. The highest BCUT2D eigenvalue weighted by atomic mass is 16.4. The van der Waals surface area contributed by atoms with Crippen LogP contribution in [0.2, 0.25) is 0 Å². The number of hydrogen-bond acceptors (Lipinski definition) is 5. The molecule has 1 aliphatic carbocycles. The van der Waals surface area contributed by atoms with Crippen molar-refractivity contribution in [1.29, 1.82) is 0 Å². The van der Waals surface area contributed by atoms with Gasteiger partial charge in [-0.3, -0.25) is 9.36 Å². The summed E-state index contributed by atoms with van der Waals surface area (Å²) < 4.78 is 1.67. The fourth-order valence-corrected chi connectivity index (χ4v) is 5.03. The van der Waals surface area contributed by atoms with Crippen molar-refractivity contribution in [3.63, 3.8) is 0 Å². The van der Waals surface area contributed by atoms with Gasteiger partial charge in [0, 0.05) is 31.4 Å². The van der Waals surface area contributed by atoms with E-state index in [1.165, 1.54) is 6.42 Å². The molecule has 1 saturated heterocycles. The lowest BCUT2D eigenvalue weighted by Gasteiger charge is -2.25. The Kier molecular flexibility index (Phi) is 4.92. The summed E-state index contributed by atoms with van der Waals surface area (Å²) in [6.07, 6.45) is 2.00. The first-order valence-corrected chi connectivity index (χ1v) is 11.2. The Morgan fingerprint density at radius 3 is 2.66 bits per heavy atom. The topological polar surface area (TPSA) is 87.5 Å². The molecular weight excluding hydrogens is 404 g/mol. The van der Waals surface area contributed by atoms with Crippen LogP contribution in [0.5, 0.6) is 0 Å². The number of rotatable bonds is 6. The van der Waals surface area contributed by atoms with Gasteiger partial charge in [-0.25, -0.2) is 9.78 Å². The standard InChI is InChI=1S/C25H28N4O3/c1-4-20(26-21-8-6-5-7-17(21)24(31)32)18-9-14(2)10-19-22(18)27-25(28(3)23(19)30)29-12-15-11-16(15)13-29/h5-10,15-16,20,26H,4,11-13H2,1-3H3,(H,31,32). The predicted molar refractivity (Wildman–Crippen MR) is 126 cm³/mol. The zero-order valence-corrected chi connectivity index (χ0v) is 18.6. The number of nitrogens with zero attached hydrogens (tertiary/aromatic N) is 3. The number of carbonyl (C=O) groups is 1. The van der Waals surface area contributed by atoms with Gasteiger partial charge in [-0.15, -0.1) is 0 Å². The number of benzene rings is 2. The van der Waals surface area contributed by atoms with E-state index in [1.54, 1.807) is 29.8 Å². The van der Waals surface area contributed by atoms with Crippen LogP contribution >= 0.6 is 0 Å². The van der Waals surface area contributed by atoms with Crippen molar-refractivity contribution in [1.82, 2.24) is 9.55 Å². The first kappa shape index (κ1) is 20.5. The van der Waals surface area contributed by atoms with E-state index in [0.29, 0.717) is 23.0 Å². The maximum atomic E-state index is 13.3. The minimum absolute atomic E-state index is 0.0451. The minimum Gasteiger partial charge on any atom is -0.478 e. The maximum absolute atomic E-state index is 13.3. The zero-order valence-electron chi connectivity index (χ0n) is 18.6. The molecule has 2 N–H and O–H groups in total. The number of nitrogens with one attached hydrogen (secondary N) is 1. The van der Waals surface area contributed by atoms with Crippen molar-refractivity contribution in [3.05, 3.63) is 63.4 Å². The van der Waals surface area contributed by atoms with Crippen molar-refractivity contribution in [2.24, 2.45) is 18.9 Å². The van der Waals surface area contributed by atoms with Gasteiger partial charge in [0.15, 0.2) is 0 Å². The van der Waals surface area contributed by atoms with Gasteiger partial charge < -0.3 is 15.3 Å². The third-order valence-corrected chi connectivity index (χ3v) is 6.86. The fraction of sp³-hybridized carbons (Fsp3) is 0.400. The second-order valence-electron chi connectivity index (χ2n) is 9.14. The molecule has 7 heteroatoms. The van der Waals surface area contributed by atoms with Gasteiger partial charge in [-0.2, -0.15) is 0 Å². The van der Waals surface area contributed by atoms with E-state index in [0.717, 1.165) is 42.0 Å². The van der Waals surface area contributed by atoms with Gasteiger partial charge in [-0.05, 0) is 55.4 Å². The van der Waals surface area contributed by atoms with Crippen molar-refractivity contribution in [2.45, 2.75) is 32.7 Å². The molecule has 32 heavy (non-hydrogen) atoms. The SMILES string of the molecule is CCC(Nc1ccccc1C(=O)O)c1cc(C)cc2c(=O)n(C)c(N3CC4CC4C3)nc12. The summed E-state index contributed by atoms with van der Waals surface area (Å²) in [6.45, 7) is 5.94. The van der Waals surface area contributed by atoms with E-state index in [2.05, 4.69) is 16.3 Å². The van der Waals surface area contributed by atoms with E-state index in [1.807, 2.05) is 26.0 Å². The molecule has 1 aromatic heterocycles. The van der Waals surface area contributed by atoms with Crippen molar-refractivity contribution in [2.75, 3.05) is 23.3 Å². The molecule has 3 unspecified atom stereocenters. The molecular formula is C25H28N4O3. The molecule has 7 nitrogen and oxygen atoms in total. The first-order valence-electron chi connectivity index (χ1n) is 11.2. The summed E-state index contributed by atoms with van der Waals surface area (Å²) in [7, 11) is 1.80. The van der Waals surface area contributed by atoms with Gasteiger partial charge >= 0.3 is 5.97 Å². The van der Waals surface area contributed by atoms with E-state index in [4.69, 9.17) is 4.98 Å². The molecule has 0 amide bonds. The Bertz CT molecular complexity index is 1270. The Labute approximate surface area is 186 Å². The molecule has 2 aliphatic rings. The average Bonchev–Trinajstić information content (AvgIpc) is 3.39. The Morgan fingerprint density at radius 1 is 1.25 bits per heavy atom. The van der Waals surface area contributed by atoms with E-state index in [-0.39, 0.29) is 17.2 Å². The molecule has 5 rings (SSSR count). The second kappa shape index (κ2) is 7.65. The maximum Gasteiger partial charge on any atom is 0.337 e. The molecule has 166 valence electrons. The summed E-state index contributed by atoms with van der Waals surface area (Å²) in [5, 5.41) is 13.6. The van der Waals surface area contributed by atoms with Gasteiger partial charge in [0.2, 0.25) is 5.95 Å². The van der Waals surface area contributed by atoms with Crippen LogP contribution in [0.4, 0.5) is 11.6 Å². The summed E-state index contributed by atoms with van der Waals surface area (Å²) in [4.78, 5) is 32.3. The molecule has 1 saturated carbocycles. The number of carboxylic acids is 1. The van der Waals surface area contributed by atoms with Crippen LogP contribution in [0.15, 0.2) is 41.2 Å². The molecule has 2 aromatic carbocycles. The summed E-state index contributed by atoms with van der Waals surface area (Å²) in [5.41, 5.74) is 3.34. The number of aromatic nitrogens is 2. The Morgan fingerprint density at radius 2 is 1.97 bits per heavy atom. The number of para-hydroxylation sites is 1. The van der Waals surface area contributed by atoms with Crippen LogP contribution in [0.25, 0.3) is 10.9 Å². The zero-order chi connectivity index (χ0) is 22.6. The van der Waals surface area contributed by atoms with Crippen molar-refractivity contribution >= 4 is 28.5 Å². The summed E-state index contributed by atoms with van der Waals surface area (Å²) in [5.74, 6) is 1.22. The van der Waals surface area contributed by atoms with Crippen LogP contribution in [-0.4, -0.2) is 33.7 Å². The third-order valence-electron chi connectivity index (χ3n) is 6.86. The summed E-state index contributed by atoms with van der Waals surface area (Å²) >= 11 is 0. The Balaban J connectivity index is 1.63. The van der Waals surface area contributed by atoms with Gasteiger partial charge in [-0.1, -0.05) is 25.1 Å². The van der Waals surface area contributed by atoms with E-state index in [9.17, 15) is 14.7 Å². The minimum atomic E-state index is -0.973.